The fourth-order valence-electron chi connectivity index (χ4n) is 1.82. The molecule has 2 rings (SSSR count). The molecule has 0 N–H and O–H groups in total. The average Bonchev–Trinajstić information content (AvgIpc) is 2.70. The van der Waals surface area contributed by atoms with Crippen molar-refractivity contribution in [1.82, 2.24) is 0 Å². The summed E-state index contributed by atoms with van der Waals surface area (Å²) in [4.78, 5) is 9.78. The van der Waals surface area contributed by atoms with Crippen molar-refractivity contribution in [3.63, 3.8) is 0 Å². The highest BCUT2D eigenvalue weighted by molar-refractivity contribution is 7.99. The van der Waals surface area contributed by atoms with Gasteiger partial charge in [0.15, 0.2) is 17.4 Å². The van der Waals surface area contributed by atoms with Gasteiger partial charge < -0.3 is 9.47 Å². The maximum absolute atomic E-state index is 13.7. The molecular weight excluding hydrogens is 292 g/mol. The Morgan fingerprint density at radius 1 is 1.50 bits per heavy atom. The van der Waals surface area contributed by atoms with Gasteiger partial charge in [-0.05, 0) is 19.9 Å². The van der Waals surface area contributed by atoms with Gasteiger partial charge in [0, 0.05) is 11.8 Å². The summed E-state index contributed by atoms with van der Waals surface area (Å²) in [5.74, 6) is -2.80. The summed E-state index contributed by atoms with van der Waals surface area (Å²) in [5.41, 5.74) is -0.452. The zero-order valence-electron chi connectivity index (χ0n) is 10.9. The molecule has 8 heteroatoms. The Morgan fingerprint density at radius 3 is 2.75 bits per heavy atom. The van der Waals surface area contributed by atoms with Crippen LogP contribution in [0, 0.1) is 21.7 Å². The lowest BCUT2D eigenvalue weighted by molar-refractivity contribution is -0.388. The van der Waals surface area contributed by atoms with Crippen LogP contribution in [0.2, 0.25) is 0 Å². The first kappa shape index (κ1) is 15.1. The number of hydrogen-bond acceptors (Lipinski definition) is 5. The minimum atomic E-state index is -1.21. The van der Waals surface area contributed by atoms with E-state index in [0.717, 1.165) is 23.9 Å². The number of nitro groups is 1. The summed E-state index contributed by atoms with van der Waals surface area (Å²) in [7, 11) is 0. The molecule has 0 saturated carbocycles. The molecule has 1 heterocycles. The lowest BCUT2D eigenvalue weighted by Gasteiger charge is -2.16. The molecule has 1 atom stereocenters. The van der Waals surface area contributed by atoms with E-state index >= 15 is 0 Å². The maximum atomic E-state index is 13.7. The van der Waals surface area contributed by atoms with Gasteiger partial charge in [-0.2, -0.15) is 0 Å². The molecule has 0 aromatic heterocycles. The number of hydrogen-bond donors (Lipinski definition) is 0. The summed E-state index contributed by atoms with van der Waals surface area (Å²) in [6.07, 6.45) is -0.322. The fraction of sp³-hybridized carbons (Fsp3) is 0.500. The number of benzene rings is 1. The summed E-state index contributed by atoms with van der Waals surface area (Å²) in [5, 5.41) is 10.8. The molecule has 1 aromatic rings. The van der Waals surface area contributed by atoms with Crippen molar-refractivity contribution in [1.29, 1.82) is 0 Å². The van der Waals surface area contributed by atoms with Gasteiger partial charge in [-0.1, -0.05) is 0 Å². The normalized spacial score (nSPS) is 21.1. The predicted octanol–water partition coefficient (Wildman–Crippen LogP) is 3.12. The van der Waals surface area contributed by atoms with Crippen molar-refractivity contribution >= 4 is 17.4 Å². The second kappa shape index (κ2) is 5.63. The number of thioether (sulfide) groups is 1. The van der Waals surface area contributed by atoms with Crippen molar-refractivity contribution in [3.8, 4) is 0 Å². The molecule has 1 aliphatic rings. The molecule has 0 spiro atoms. The van der Waals surface area contributed by atoms with E-state index in [4.69, 9.17) is 9.47 Å². The number of ether oxygens (including phenoxy) is 2. The van der Waals surface area contributed by atoms with Crippen LogP contribution in [0.1, 0.15) is 13.8 Å². The predicted molar refractivity (Wildman–Crippen MR) is 68.6 cm³/mol. The van der Waals surface area contributed by atoms with E-state index in [-0.39, 0.29) is 16.8 Å². The Hall–Kier alpha value is -1.25. The molecule has 5 nitrogen and oxygen atoms in total. The second-order valence-corrected chi connectivity index (χ2v) is 5.76. The molecule has 110 valence electrons. The highest BCUT2D eigenvalue weighted by Crippen LogP contribution is 2.35. The van der Waals surface area contributed by atoms with Gasteiger partial charge in [-0.25, -0.2) is 8.78 Å². The molecule has 0 unspecified atom stereocenters. The first-order valence-corrected chi connectivity index (χ1v) is 6.85. The van der Waals surface area contributed by atoms with Gasteiger partial charge in [0.05, 0.1) is 17.6 Å². The molecule has 0 amide bonds. The lowest BCUT2D eigenvalue weighted by atomic mass is 10.3. The van der Waals surface area contributed by atoms with Crippen molar-refractivity contribution in [2.24, 2.45) is 0 Å². The molecule has 1 aromatic carbocycles. The van der Waals surface area contributed by atoms with E-state index in [1.165, 1.54) is 0 Å². The number of nitrogens with zero attached hydrogens (tertiary/aromatic N) is 1. The van der Waals surface area contributed by atoms with Crippen LogP contribution in [0.15, 0.2) is 17.0 Å². The minimum Gasteiger partial charge on any atom is -0.348 e. The van der Waals surface area contributed by atoms with Gasteiger partial charge in [0.25, 0.3) is 5.69 Å². The molecule has 0 bridgehead atoms. The zero-order valence-corrected chi connectivity index (χ0v) is 11.7. The van der Waals surface area contributed by atoms with Gasteiger partial charge in [0.2, 0.25) is 0 Å². The number of nitro benzene ring substituents is 1. The maximum Gasteiger partial charge on any atom is 0.286 e. The van der Waals surface area contributed by atoms with E-state index in [9.17, 15) is 18.9 Å². The van der Waals surface area contributed by atoms with E-state index in [1.807, 2.05) is 0 Å². The van der Waals surface area contributed by atoms with E-state index in [1.54, 1.807) is 13.8 Å². The van der Waals surface area contributed by atoms with Crippen LogP contribution >= 0.6 is 11.8 Å². The van der Waals surface area contributed by atoms with Gasteiger partial charge in [0.1, 0.15) is 4.90 Å². The minimum absolute atomic E-state index is 0.241. The van der Waals surface area contributed by atoms with Gasteiger partial charge >= 0.3 is 0 Å². The quantitative estimate of drug-likeness (QED) is 0.486. The van der Waals surface area contributed by atoms with Gasteiger partial charge in [-0.3, -0.25) is 10.1 Å². The fourth-order valence-corrected chi connectivity index (χ4v) is 2.86. The van der Waals surface area contributed by atoms with E-state index < -0.39 is 28.0 Å². The largest absolute Gasteiger partial charge is 0.348 e. The highest BCUT2D eigenvalue weighted by Gasteiger charge is 2.33. The highest BCUT2D eigenvalue weighted by atomic mass is 32.2. The summed E-state index contributed by atoms with van der Waals surface area (Å²) in [6, 6.07) is 1.70. The first-order chi connectivity index (χ1) is 9.30. The van der Waals surface area contributed by atoms with Crippen molar-refractivity contribution in [2.45, 2.75) is 30.6 Å². The SMILES string of the molecule is CC1(C)OC[C@@H](CSc2c([N+](=O)[O-])ccc(F)c2F)O1. The van der Waals surface area contributed by atoms with Gasteiger partial charge in [-0.15, -0.1) is 11.8 Å². The van der Waals surface area contributed by atoms with Crippen LogP contribution < -0.4 is 0 Å². The van der Waals surface area contributed by atoms with Crippen LogP contribution in [-0.4, -0.2) is 29.2 Å². The standard InChI is InChI=1S/C12H13F2NO4S/c1-12(2)18-5-7(19-12)6-20-11-9(15(16)17)4-3-8(13)10(11)14/h3-4,7H,5-6H2,1-2H3/t7-/m0/s1. The number of rotatable bonds is 4. The Balaban J connectivity index is 2.13. The Kier molecular flexibility index (Phi) is 4.26. The summed E-state index contributed by atoms with van der Waals surface area (Å²) < 4.78 is 37.7. The smallest absolute Gasteiger partial charge is 0.286 e. The van der Waals surface area contributed by atoms with E-state index in [0.29, 0.717) is 6.61 Å². The third kappa shape index (κ3) is 3.25. The summed E-state index contributed by atoms with van der Waals surface area (Å²) >= 11 is 0.852. The molecule has 0 radical (unpaired) electrons. The number of halogens is 2. The molecule has 0 aliphatic carbocycles. The lowest BCUT2D eigenvalue weighted by Crippen LogP contribution is -2.22. The van der Waals surface area contributed by atoms with Crippen molar-refractivity contribution in [3.05, 3.63) is 33.9 Å². The average molecular weight is 305 g/mol. The Morgan fingerprint density at radius 2 is 2.20 bits per heavy atom. The summed E-state index contributed by atoms with van der Waals surface area (Å²) in [6.45, 7) is 3.79. The topological polar surface area (TPSA) is 61.6 Å². The monoisotopic (exact) mass is 305 g/mol. The van der Waals surface area contributed by atoms with Crippen LogP contribution in [0.3, 0.4) is 0 Å². The third-order valence-corrected chi connectivity index (χ3v) is 3.92. The Bertz CT molecular complexity index is 538. The van der Waals surface area contributed by atoms with Crippen molar-refractivity contribution < 1.29 is 23.2 Å². The third-order valence-electron chi connectivity index (χ3n) is 2.71. The molecule has 20 heavy (non-hydrogen) atoms. The van der Waals surface area contributed by atoms with E-state index in [2.05, 4.69) is 0 Å². The van der Waals surface area contributed by atoms with Crippen molar-refractivity contribution in [2.75, 3.05) is 12.4 Å². The van der Waals surface area contributed by atoms with Crippen LogP contribution in [0.5, 0.6) is 0 Å². The zero-order chi connectivity index (χ0) is 14.9. The molecular formula is C12H13F2NO4S. The first-order valence-electron chi connectivity index (χ1n) is 5.87. The van der Waals surface area contributed by atoms with Crippen LogP contribution in [0.4, 0.5) is 14.5 Å². The molecule has 1 saturated heterocycles. The Labute approximate surface area is 118 Å². The molecule has 1 fully saturated rings. The van der Waals surface area contributed by atoms with Crippen LogP contribution in [-0.2, 0) is 9.47 Å². The van der Waals surface area contributed by atoms with Crippen LogP contribution in [0.25, 0.3) is 0 Å². The molecule has 1 aliphatic heterocycles. The second-order valence-electron chi connectivity index (χ2n) is 4.73.